The molecule has 2 heterocycles. The molecule has 0 N–H and O–H groups in total. The Labute approximate surface area is 298 Å². The molecule has 0 aliphatic rings. The van der Waals surface area contributed by atoms with Gasteiger partial charge in [-0.15, -0.1) is 0 Å². The first-order chi connectivity index (χ1) is 28.4. The maximum absolute atomic E-state index is 8.60. The largest absolute Gasteiger partial charge is 0.456 e. The molecule has 0 unspecified atom stereocenters. The molecule has 0 atom stereocenters. The van der Waals surface area contributed by atoms with Crippen LogP contribution < -0.4 is 0 Å². The molecule has 4 nitrogen and oxygen atoms in total. The van der Waals surface area contributed by atoms with Crippen molar-refractivity contribution in [2.75, 3.05) is 0 Å². The Morgan fingerprint density at radius 3 is 1.35 bits per heavy atom. The summed E-state index contributed by atoms with van der Waals surface area (Å²) in [6.45, 7) is 0. The molecule has 0 saturated heterocycles. The van der Waals surface area contributed by atoms with Gasteiger partial charge in [-0.2, -0.15) is 0 Å². The van der Waals surface area contributed by atoms with Gasteiger partial charge in [0, 0.05) is 27.5 Å². The van der Waals surface area contributed by atoms with Crippen LogP contribution in [0.15, 0.2) is 180 Å². The van der Waals surface area contributed by atoms with Crippen LogP contribution in [0.3, 0.4) is 0 Å². The maximum Gasteiger partial charge on any atom is 0.164 e. The highest BCUT2D eigenvalue weighted by Crippen LogP contribution is 2.36. The molecule has 9 aromatic rings. The molecule has 0 aliphatic heterocycles. The summed E-state index contributed by atoms with van der Waals surface area (Å²) in [5.74, 6) is -0.678. The minimum atomic E-state index is -0.609. The number of furan rings is 1. The van der Waals surface area contributed by atoms with Crippen molar-refractivity contribution in [1.29, 1.82) is 0 Å². The highest BCUT2D eigenvalue weighted by atomic mass is 16.3. The number of aromatic nitrogens is 3. The first-order valence-corrected chi connectivity index (χ1v) is 15.5. The lowest BCUT2D eigenvalue weighted by molar-refractivity contribution is 0.669. The highest BCUT2D eigenvalue weighted by molar-refractivity contribution is 6.07. The standard InChI is InChI=1S/C45H29N3O/c1-4-10-30(11-5-1)31-16-18-32(19-17-31)33-20-22-34(23-21-33)37-24-26-39-40-28-38(25-27-41(40)49-42(39)29-37)45-47-43(35-12-6-2-7-13-35)46-44(48-45)36-14-8-3-9-15-36/h1-29H/i2D,3D,6D,7D,8D,9D,12D,13D,14D,15D. The molecule has 0 bridgehead atoms. The third-order valence-electron chi connectivity index (χ3n) is 8.36. The van der Waals surface area contributed by atoms with Crippen molar-refractivity contribution in [2.45, 2.75) is 0 Å². The summed E-state index contributed by atoms with van der Waals surface area (Å²) >= 11 is 0. The number of hydrogen-bond donors (Lipinski definition) is 0. The van der Waals surface area contributed by atoms with Crippen LogP contribution in [0.1, 0.15) is 13.7 Å². The Bertz CT molecular complexity index is 3010. The average Bonchev–Trinajstić information content (AvgIpc) is 3.64. The van der Waals surface area contributed by atoms with Gasteiger partial charge < -0.3 is 4.42 Å². The first-order valence-electron chi connectivity index (χ1n) is 20.5. The van der Waals surface area contributed by atoms with Gasteiger partial charge in [0.25, 0.3) is 0 Å². The molecule has 0 amide bonds. The van der Waals surface area contributed by atoms with Gasteiger partial charge >= 0.3 is 0 Å². The zero-order chi connectivity index (χ0) is 41.3. The van der Waals surface area contributed by atoms with E-state index in [1.54, 1.807) is 18.2 Å². The lowest BCUT2D eigenvalue weighted by atomic mass is 9.97. The molecule has 49 heavy (non-hydrogen) atoms. The van der Waals surface area contributed by atoms with E-state index in [1.807, 2.05) is 36.4 Å². The van der Waals surface area contributed by atoms with Crippen molar-refractivity contribution >= 4 is 21.9 Å². The van der Waals surface area contributed by atoms with Crippen LogP contribution in [0.4, 0.5) is 0 Å². The molecule has 0 aliphatic carbocycles. The Balaban J connectivity index is 1.11. The Hall–Kier alpha value is -6.65. The van der Waals surface area contributed by atoms with E-state index in [0.29, 0.717) is 22.1 Å². The van der Waals surface area contributed by atoms with Crippen molar-refractivity contribution in [3.8, 4) is 67.5 Å². The molecule has 7 aromatic carbocycles. The minimum Gasteiger partial charge on any atom is -0.456 e. The number of benzene rings is 7. The predicted molar refractivity (Wildman–Crippen MR) is 200 cm³/mol. The number of nitrogens with zero attached hydrogens (tertiary/aromatic N) is 3. The van der Waals surface area contributed by atoms with Crippen LogP contribution in [0, 0.1) is 0 Å². The molecule has 9 rings (SSSR count). The zero-order valence-electron chi connectivity index (χ0n) is 35.7. The Kier molecular flexibility index (Phi) is 4.94. The van der Waals surface area contributed by atoms with E-state index in [2.05, 4.69) is 75.6 Å². The SMILES string of the molecule is [2H]c1c([2H])c([2H])c(-c2nc(-c3ccc4oc5cc(-c6ccc(-c7ccc(-c8ccccc8)cc7)cc6)ccc5c4c3)nc(-c3c([2H])c([2H])c([2H])c([2H])c3[2H])n2)c([2H])c1[2H]. The maximum atomic E-state index is 8.60. The van der Waals surface area contributed by atoms with E-state index in [-0.39, 0.29) is 28.6 Å². The van der Waals surface area contributed by atoms with E-state index in [9.17, 15) is 0 Å². The summed E-state index contributed by atoms with van der Waals surface area (Å²) in [5.41, 5.74) is 7.44. The highest BCUT2D eigenvalue weighted by Gasteiger charge is 2.15. The second-order valence-electron chi connectivity index (χ2n) is 11.4. The molecular formula is C45H29N3O. The fraction of sp³-hybridized carbons (Fsp3) is 0. The normalized spacial score (nSPS) is 14.1. The van der Waals surface area contributed by atoms with Gasteiger partial charge in [-0.25, -0.2) is 15.0 Å². The van der Waals surface area contributed by atoms with Crippen molar-refractivity contribution < 1.29 is 18.1 Å². The van der Waals surface area contributed by atoms with E-state index >= 15 is 0 Å². The van der Waals surface area contributed by atoms with E-state index in [0.717, 1.165) is 33.2 Å². The fourth-order valence-corrected chi connectivity index (χ4v) is 5.89. The third-order valence-corrected chi connectivity index (χ3v) is 8.36. The average molecular weight is 638 g/mol. The van der Waals surface area contributed by atoms with E-state index in [1.165, 1.54) is 5.56 Å². The number of hydrogen-bond acceptors (Lipinski definition) is 4. The zero-order valence-corrected chi connectivity index (χ0v) is 25.7. The number of fused-ring (bicyclic) bond motifs is 3. The van der Waals surface area contributed by atoms with Crippen LogP contribution >= 0.6 is 0 Å². The summed E-state index contributed by atoms with van der Waals surface area (Å²) < 4.78 is 89.8. The monoisotopic (exact) mass is 637 g/mol. The quantitative estimate of drug-likeness (QED) is 0.182. The topological polar surface area (TPSA) is 51.8 Å². The van der Waals surface area contributed by atoms with Crippen LogP contribution in [-0.2, 0) is 0 Å². The molecular weight excluding hydrogens is 599 g/mol. The van der Waals surface area contributed by atoms with Crippen LogP contribution in [-0.4, -0.2) is 15.0 Å². The third kappa shape index (κ3) is 5.56. The summed E-state index contributed by atoms with van der Waals surface area (Å²) in [5, 5.41) is 1.51. The molecule has 2 aromatic heterocycles. The van der Waals surface area contributed by atoms with Crippen molar-refractivity contribution in [3.63, 3.8) is 0 Å². The van der Waals surface area contributed by atoms with Crippen LogP contribution in [0.25, 0.3) is 89.5 Å². The minimum absolute atomic E-state index is 0.0220. The Morgan fingerprint density at radius 1 is 0.347 bits per heavy atom. The summed E-state index contributed by atoms with van der Waals surface area (Å²) in [4.78, 5) is 13.5. The van der Waals surface area contributed by atoms with Gasteiger partial charge in [0.2, 0.25) is 0 Å². The first kappa shape index (κ1) is 19.9. The van der Waals surface area contributed by atoms with Crippen LogP contribution in [0.5, 0.6) is 0 Å². The molecule has 0 radical (unpaired) electrons. The fourth-order valence-electron chi connectivity index (χ4n) is 5.89. The van der Waals surface area contributed by atoms with Crippen molar-refractivity contribution in [2.24, 2.45) is 0 Å². The number of rotatable bonds is 6. The van der Waals surface area contributed by atoms with E-state index in [4.69, 9.17) is 18.1 Å². The smallest absolute Gasteiger partial charge is 0.164 e. The van der Waals surface area contributed by atoms with Crippen LogP contribution in [0.2, 0.25) is 0 Å². The molecule has 0 spiro atoms. The van der Waals surface area contributed by atoms with Crippen molar-refractivity contribution in [3.05, 3.63) is 176 Å². The second kappa shape index (κ2) is 12.2. The molecule has 0 fully saturated rings. The predicted octanol–water partition coefficient (Wildman–Crippen LogP) is 11.8. The summed E-state index contributed by atoms with van der Waals surface area (Å²) in [6.07, 6.45) is 0. The van der Waals surface area contributed by atoms with E-state index < -0.39 is 60.4 Å². The Morgan fingerprint density at radius 2 is 0.796 bits per heavy atom. The van der Waals surface area contributed by atoms with Gasteiger partial charge in [0.15, 0.2) is 17.5 Å². The van der Waals surface area contributed by atoms with Crippen molar-refractivity contribution in [1.82, 2.24) is 15.0 Å². The second-order valence-corrected chi connectivity index (χ2v) is 11.4. The molecule has 0 saturated carbocycles. The summed E-state index contributed by atoms with van der Waals surface area (Å²) in [7, 11) is 0. The lowest BCUT2D eigenvalue weighted by Gasteiger charge is -2.08. The molecule has 230 valence electrons. The summed E-state index contributed by atoms with van der Waals surface area (Å²) in [6, 6.07) is 32.3. The lowest BCUT2D eigenvalue weighted by Crippen LogP contribution is -2.00. The van der Waals surface area contributed by atoms with Gasteiger partial charge in [0.1, 0.15) is 11.2 Å². The molecule has 4 heteroatoms. The van der Waals surface area contributed by atoms with Gasteiger partial charge in [-0.3, -0.25) is 0 Å². The van der Waals surface area contributed by atoms with Gasteiger partial charge in [-0.1, -0.05) is 145 Å². The van der Waals surface area contributed by atoms with Gasteiger partial charge in [-0.05, 0) is 63.7 Å². The van der Waals surface area contributed by atoms with Gasteiger partial charge in [0.05, 0.1) is 13.7 Å².